The van der Waals surface area contributed by atoms with E-state index in [2.05, 4.69) is 4.90 Å². The summed E-state index contributed by atoms with van der Waals surface area (Å²) >= 11 is 0. The first-order valence-electron chi connectivity index (χ1n) is 7.62. The van der Waals surface area contributed by atoms with E-state index in [1.165, 1.54) is 12.1 Å². The van der Waals surface area contributed by atoms with Crippen LogP contribution in [-0.2, 0) is 14.6 Å². The lowest BCUT2D eigenvalue weighted by molar-refractivity contribution is 0.00770. The van der Waals surface area contributed by atoms with Crippen molar-refractivity contribution in [3.63, 3.8) is 0 Å². The number of hydrogen-bond acceptors (Lipinski definition) is 5. The minimum Gasteiger partial charge on any atom is -0.377 e. The van der Waals surface area contributed by atoms with Crippen LogP contribution in [0.4, 0.5) is 0 Å². The van der Waals surface area contributed by atoms with Gasteiger partial charge in [0.1, 0.15) is 0 Å². The number of ether oxygens (including phenoxy) is 1. The second-order valence-corrected chi connectivity index (χ2v) is 7.58. The fourth-order valence-corrected chi connectivity index (χ4v) is 3.98. The first kappa shape index (κ1) is 16.9. The highest BCUT2D eigenvalue weighted by atomic mass is 32.2. The van der Waals surface area contributed by atoms with Gasteiger partial charge in [-0.05, 0) is 50.6 Å². The van der Waals surface area contributed by atoms with Crippen LogP contribution in [0.15, 0.2) is 29.2 Å². The molecule has 6 heteroatoms. The van der Waals surface area contributed by atoms with Gasteiger partial charge in [-0.3, -0.25) is 4.90 Å². The van der Waals surface area contributed by atoms with E-state index < -0.39 is 9.84 Å². The fraction of sp³-hybridized carbons (Fsp3) is 0.562. The molecule has 0 radical (unpaired) electrons. The van der Waals surface area contributed by atoms with Crippen LogP contribution in [-0.4, -0.2) is 51.4 Å². The summed E-state index contributed by atoms with van der Waals surface area (Å²) in [5.41, 5.74) is 0.467. The van der Waals surface area contributed by atoms with E-state index >= 15 is 0 Å². The van der Waals surface area contributed by atoms with Gasteiger partial charge in [0.2, 0.25) is 0 Å². The number of nitriles is 1. The molecule has 0 spiro atoms. The third kappa shape index (κ3) is 4.54. The molecular formula is C16H22N2O3S. The Labute approximate surface area is 132 Å². The maximum absolute atomic E-state index is 12.3. The second-order valence-electron chi connectivity index (χ2n) is 5.48. The molecule has 1 aliphatic rings. The lowest BCUT2D eigenvalue weighted by Crippen LogP contribution is -2.41. The van der Waals surface area contributed by atoms with Crippen LogP contribution in [0, 0.1) is 11.3 Å². The highest BCUT2D eigenvalue weighted by Gasteiger charge is 2.22. The van der Waals surface area contributed by atoms with Crippen molar-refractivity contribution in [3.05, 3.63) is 29.8 Å². The molecule has 0 saturated carbocycles. The average molecular weight is 322 g/mol. The predicted octanol–water partition coefficient (Wildman–Crippen LogP) is 1.83. The summed E-state index contributed by atoms with van der Waals surface area (Å²) in [6, 6.07) is 8.08. The minimum absolute atomic E-state index is 0.0950. The van der Waals surface area contributed by atoms with E-state index in [9.17, 15) is 8.42 Å². The standard InChI is InChI=1S/C16H22N2O3S/c1-2-21-15-4-3-9-18(13-15)10-11-22(19,20)16-7-5-14(12-17)6-8-16/h5-8,15H,2-4,9-11,13H2,1H3/t15-/m0/s1. The lowest BCUT2D eigenvalue weighted by Gasteiger charge is -2.32. The number of piperidine rings is 1. The van der Waals surface area contributed by atoms with E-state index in [-0.39, 0.29) is 16.8 Å². The van der Waals surface area contributed by atoms with Crippen LogP contribution < -0.4 is 0 Å². The van der Waals surface area contributed by atoms with Crippen molar-refractivity contribution >= 4 is 9.84 Å². The van der Waals surface area contributed by atoms with Gasteiger partial charge in [-0.25, -0.2) is 8.42 Å². The number of likely N-dealkylation sites (tertiary alicyclic amines) is 1. The third-order valence-corrected chi connectivity index (χ3v) is 5.59. The van der Waals surface area contributed by atoms with Crippen molar-refractivity contribution in [2.24, 2.45) is 0 Å². The molecule has 2 rings (SSSR count). The molecule has 5 nitrogen and oxygen atoms in total. The molecule has 1 aromatic carbocycles. The number of sulfone groups is 1. The molecule has 0 N–H and O–H groups in total. The largest absolute Gasteiger partial charge is 0.377 e. The molecule has 0 amide bonds. The predicted molar refractivity (Wildman–Crippen MR) is 84.3 cm³/mol. The summed E-state index contributed by atoms with van der Waals surface area (Å²) in [6.45, 7) is 4.92. The summed E-state index contributed by atoms with van der Waals surface area (Å²) in [6.07, 6.45) is 2.31. The number of benzene rings is 1. The molecule has 0 bridgehead atoms. The second kappa shape index (κ2) is 7.73. The van der Waals surface area contributed by atoms with Crippen molar-refractivity contribution in [1.29, 1.82) is 5.26 Å². The molecule has 1 aromatic rings. The molecule has 1 fully saturated rings. The lowest BCUT2D eigenvalue weighted by atomic mass is 10.1. The van der Waals surface area contributed by atoms with Crippen LogP contribution in [0.3, 0.4) is 0 Å². The summed E-state index contributed by atoms with van der Waals surface area (Å²) in [5.74, 6) is 0.0950. The highest BCUT2D eigenvalue weighted by Crippen LogP contribution is 2.16. The zero-order chi connectivity index (χ0) is 16.0. The Kier molecular flexibility index (Phi) is 5.95. The Morgan fingerprint density at radius 3 is 2.73 bits per heavy atom. The molecule has 0 aliphatic carbocycles. The van der Waals surface area contributed by atoms with Crippen molar-refractivity contribution < 1.29 is 13.2 Å². The first-order chi connectivity index (χ1) is 10.5. The molecule has 22 heavy (non-hydrogen) atoms. The van der Waals surface area contributed by atoms with Gasteiger partial charge in [-0.15, -0.1) is 0 Å². The van der Waals surface area contributed by atoms with Crippen LogP contribution >= 0.6 is 0 Å². The zero-order valence-electron chi connectivity index (χ0n) is 12.9. The van der Waals surface area contributed by atoms with E-state index in [1.807, 2.05) is 13.0 Å². The Balaban J connectivity index is 1.93. The van der Waals surface area contributed by atoms with Gasteiger partial charge in [-0.1, -0.05) is 0 Å². The Bertz CT molecular complexity index is 618. The summed E-state index contributed by atoms with van der Waals surface area (Å²) in [7, 11) is -3.31. The van der Waals surface area contributed by atoms with Gasteiger partial charge in [0.25, 0.3) is 0 Å². The van der Waals surface area contributed by atoms with Crippen LogP contribution in [0.5, 0.6) is 0 Å². The van der Waals surface area contributed by atoms with Gasteiger partial charge in [0.15, 0.2) is 9.84 Å². The number of nitrogens with zero attached hydrogens (tertiary/aromatic N) is 2. The van der Waals surface area contributed by atoms with Crippen LogP contribution in [0.25, 0.3) is 0 Å². The normalized spacial score (nSPS) is 19.7. The summed E-state index contributed by atoms with van der Waals surface area (Å²) < 4.78 is 30.3. The van der Waals surface area contributed by atoms with Gasteiger partial charge in [-0.2, -0.15) is 5.26 Å². The summed E-state index contributed by atoms with van der Waals surface area (Å²) in [4.78, 5) is 2.44. The molecule has 0 unspecified atom stereocenters. The fourth-order valence-electron chi connectivity index (χ4n) is 2.69. The zero-order valence-corrected chi connectivity index (χ0v) is 13.7. The van der Waals surface area contributed by atoms with E-state index in [0.29, 0.717) is 18.7 Å². The Morgan fingerprint density at radius 2 is 2.09 bits per heavy atom. The highest BCUT2D eigenvalue weighted by molar-refractivity contribution is 7.91. The SMILES string of the molecule is CCO[C@H]1CCCN(CCS(=O)(=O)c2ccc(C#N)cc2)C1. The molecule has 0 aromatic heterocycles. The quantitative estimate of drug-likeness (QED) is 0.799. The topological polar surface area (TPSA) is 70.4 Å². The van der Waals surface area contributed by atoms with E-state index in [0.717, 1.165) is 25.9 Å². The van der Waals surface area contributed by atoms with E-state index in [4.69, 9.17) is 10.00 Å². The molecule has 120 valence electrons. The monoisotopic (exact) mass is 322 g/mol. The third-order valence-electron chi connectivity index (χ3n) is 3.88. The first-order valence-corrected chi connectivity index (χ1v) is 9.27. The Morgan fingerprint density at radius 1 is 1.36 bits per heavy atom. The van der Waals surface area contributed by atoms with Crippen LogP contribution in [0.1, 0.15) is 25.3 Å². The van der Waals surface area contributed by atoms with Crippen molar-refractivity contribution in [2.45, 2.75) is 30.8 Å². The molecule has 1 atom stereocenters. The van der Waals surface area contributed by atoms with Gasteiger partial charge >= 0.3 is 0 Å². The number of rotatable bonds is 6. The smallest absolute Gasteiger partial charge is 0.179 e. The summed E-state index contributed by atoms with van der Waals surface area (Å²) in [5, 5.41) is 8.76. The number of hydrogen-bond donors (Lipinski definition) is 0. The van der Waals surface area contributed by atoms with Crippen LogP contribution in [0.2, 0.25) is 0 Å². The maximum atomic E-state index is 12.3. The average Bonchev–Trinajstić information content (AvgIpc) is 2.54. The van der Waals surface area contributed by atoms with Gasteiger partial charge in [0, 0.05) is 19.7 Å². The van der Waals surface area contributed by atoms with Gasteiger partial charge in [0.05, 0.1) is 28.4 Å². The molecular weight excluding hydrogens is 300 g/mol. The minimum atomic E-state index is -3.31. The van der Waals surface area contributed by atoms with E-state index in [1.54, 1.807) is 12.1 Å². The maximum Gasteiger partial charge on any atom is 0.179 e. The molecule has 1 saturated heterocycles. The Hall–Kier alpha value is -1.42. The van der Waals surface area contributed by atoms with Crippen molar-refractivity contribution in [1.82, 2.24) is 4.90 Å². The molecule has 1 heterocycles. The van der Waals surface area contributed by atoms with Crippen molar-refractivity contribution in [3.8, 4) is 6.07 Å². The van der Waals surface area contributed by atoms with Crippen molar-refractivity contribution in [2.75, 3.05) is 32.0 Å². The molecule has 1 aliphatic heterocycles. The van der Waals surface area contributed by atoms with Gasteiger partial charge < -0.3 is 4.74 Å².